The Morgan fingerprint density at radius 3 is 2.44 bits per heavy atom. The van der Waals surface area contributed by atoms with Crippen LogP contribution in [-0.2, 0) is 14.8 Å². The molecule has 0 heterocycles. The average Bonchev–Trinajstić information content (AvgIpc) is 2.57. The van der Waals surface area contributed by atoms with Gasteiger partial charge < -0.3 is 10.1 Å². The van der Waals surface area contributed by atoms with Crippen LogP contribution in [0.3, 0.4) is 0 Å². The molecule has 0 aliphatic heterocycles. The smallest absolute Gasteiger partial charge is 0.241 e. The number of carbonyl (C=O) groups is 1. The average molecular weight is 362 g/mol. The van der Waals surface area contributed by atoms with Gasteiger partial charge in [0.05, 0.1) is 18.6 Å². The van der Waals surface area contributed by atoms with Gasteiger partial charge in [-0.2, -0.15) is 0 Å². The summed E-state index contributed by atoms with van der Waals surface area (Å²) < 4.78 is 32.1. The summed E-state index contributed by atoms with van der Waals surface area (Å²) in [6.45, 7) is 5.25. The molecule has 0 saturated heterocycles. The van der Waals surface area contributed by atoms with Crippen molar-refractivity contribution in [2.24, 2.45) is 0 Å². The summed E-state index contributed by atoms with van der Waals surface area (Å²) in [6, 6.07) is 10.1. The molecule has 0 bridgehead atoms. The Morgan fingerprint density at radius 2 is 1.80 bits per heavy atom. The van der Waals surface area contributed by atoms with Crippen LogP contribution < -0.4 is 14.8 Å². The van der Waals surface area contributed by atoms with Crippen molar-refractivity contribution in [1.29, 1.82) is 0 Å². The van der Waals surface area contributed by atoms with Gasteiger partial charge in [-0.25, -0.2) is 13.1 Å². The Hall–Kier alpha value is -2.38. The first-order valence-corrected chi connectivity index (χ1v) is 9.23. The maximum absolute atomic E-state index is 12.3. The van der Waals surface area contributed by atoms with E-state index < -0.39 is 15.9 Å². The van der Waals surface area contributed by atoms with E-state index >= 15 is 0 Å². The summed E-state index contributed by atoms with van der Waals surface area (Å²) in [5.74, 6) is 0.175. The summed E-state index contributed by atoms with van der Waals surface area (Å²) in [6.07, 6.45) is 0. The molecule has 2 aromatic carbocycles. The van der Waals surface area contributed by atoms with Crippen molar-refractivity contribution < 1.29 is 17.9 Å². The molecule has 1 amide bonds. The molecule has 134 valence electrons. The normalized spacial score (nSPS) is 11.2. The van der Waals surface area contributed by atoms with Gasteiger partial charge in [0, 0.05) is 5.69 Å². The second-order valence-electron chi connectivity index (χ2n) is 5.75. The number of hydrogen-bond acceptors (Lipinski definition) is 4. The first-order chi connectivity index (χ1) is 11.7. The molecular weight excluding hydrogens is 340 g/mol. The minimum atomic E-state index is -3.78. The Kier molecular flexibility index (Phi) is 5.81. The Bertz CT molecular complexity index is 892. The lowest BCUT2D eigenvalue weighted by molar-refractivity contribution is -0.115. The number of aryl methyl sites for hydroxylation is 2. The number of anilines is 1. The third-order valence-corrected chi connectivity index (χ3v) is 5.38. The summed E-state index contributed by atoms with van der Waals surface area (Å²) in [4.78, 5) is 12.2. The molecule has 0 spiro atoms. The maximum atomic E-state index is 12.3. The number of rotatable bonds is 6. The lowest BCUT2D eigenvalue weighted by Crippen LogP contribution is -2.33. The van der Waals surface area contributed by atoms with E-state index in [9.17, 15) is 13.2 Å². The molecule has 2 aromatic rings. The molecule has 0 aliphatic rings. The van der Waals surface area contributed by atoms with E-state index in [1.54, 1.807) is 19.1 Å². The highest BCUT2D eigenvalue weighted by atomic mass is 32.2. The molecule has 7 heteroatoms. The van der Waals surface area contributed by atoms with Gasteiger partial charge in [-0.15, -0.1) is 0 Å². The number of sulfonamides is 1. The highest BCUT2D eigenvalue weighted by Gasteiger charge is 2.17. The van der Waals surface area contributed by atoms with E-state index in [0.717, 1.165) is 11.1 Å². The molecule has 0 aromatic heterocycles. The second kappa shape index (κ2) is 7.67. The predicted octanol–water partition coefficient (Wildman–Crippen LogP) is 2.54. The Labute approximate surface area is 148 Å². The van der Waals surface area contributed by atoms with Crippen molar-refractivity contribution in [3.8, 4) is 5.75 Å². The zero-order valence-electron chi connectivity index (χ0n) is 14.7. The standard InChI is InChI=1S/C18H22N2O4S/c1-12-6-5-7-16(14(12)3)20-18(21)11-19-25(22,23)15-8-9-17(24-4)13(2)10-15/h5-10,19H,11H2,1-4H3,(H,20,21). The van der Waals surface area contributed by atoms with Gasteiger partial charge in [0.15, 0.2) is 0 Å². The first kappa shape index (κ1) is 19.0. The van der Waals surface area contributed by atoms with E-state index in [4.69, 9.17) is 4.74 Å². The van der Waals surface area contributed by atoms with Crippen molar-refractivity contribution in [3.05, 3.63) is 53.1 Å². The van der Waals surface area contributed by atoms with Gasteiger partial charge in [0.2, 0.25) is 15.9 Å². The fourth-order valence-corrected chi connectivity index (χ4v) is 3.41. The fraction of sp³-hybridized carbons (Fsp3) is 0.278. The molecule has 25 heavy (non-hydrogen) atoms. The van der Waals surface area contributed by atoms with Crippen LogP contribution in [0.4, 0.5) is 5.69 Å². The van der Waals surface area contributed by atoms with Gasteiger partial charge >= 0.3 is 0 Å². The maximum Gasteiger partial charge on any atom is 0.241 e. The highest BCUT2D eigenvalue weighted by Crippen LogP contribution is 2.21. The summed E-state index contributed by atoms with van der Waals surface area (Å²) in [7, 11) is -2.26. The number of methoxy groups -OCH3 is 1. The van der Waals surface area contributed by atoms with Crippen molar-refractivity contribution in [2.45, 2.75) is 25.7 Å². The summed E-state index contributed by atoms with van der Waals surface area (Å²) in [5, 5.41) is 2.72. The number of carbonyl (C=O) groups excluding carboxylic acids is 1. The lowest BCUT2D eigenvalue weighted by Gasteiger charge is -2.12. The van der Waals surface area contributed by atoms with E-state index in [2.05, 4.69) is 10.0 Å². The number of ether oxygens (including phenoxy) is 1. The van der Waals surface area contributed by atoms with Crippen LogP contribution in [0.2, 0.25) is 0 Å². The van der Waals surface area contributed by atoms with Gasteiger partial charge in [-0.3, -0.25) is 4.79 Å². The Balaban J connectivity index is 2.05. The second-order valence-corrected chi connectivity index (χ2v) is 7.52. The van der Waals surface area contributed by atoms with Crippen LogP contribution >= 0.6 is 0 Å². The van der Waals surface area contributed by atoms with Crippen LogP contribution in [0.5, 0.6) is 5.75 Å². The first-order valence-electron chi connectivity index (χ1n) is 7.75. The minimum absolute atomic E-state index is 0.0883. The van der Waals surface area contributed by atoms with Crippen molar-refractivity contribution in [2.75, 3.05) is 19.0 Å². The lowest BCUT2D eigenvalue weighted by atomic mass is 10.1. The topological polar surface area (TPSA) is 84.5 Å². The molecule has 0 radical (unpaired) electrons. The van der Waals surface area contributed by atoms with Gasteiger partial charge in [0.1, 0.15) is 5.75 Å². The summed E-state index contributed by atoms with van der Waals surface area (Å²) >= 11 is 0. The van der Waals surface area contributed by atoms with Crippen molar-refractivity contribution in [3.63, 3.8) is 0 Å². The molecule has 0 atom stereocenters. The Morgan fingerprint density at radius 1 is 1.08 bits per heavy atom. The van der Waals surface area contributed by atoms with Gasteiger partial charge in [-0.05, 0) is 61.7 Å². The number of benzene rings is 2. The van der Waals surface area contributed by atoms with Crippen LogP contribution in [0.1, 0.15) is 16.7 Å². The van der Waals surface area contributed by atoms with Crippen LogP contribution in [0.25, 0.3) is 0 Å². The third-order valence-electron chi connectivity index (χ3n) is 3.98. The van der Waals surface area contributed by atoms with E-state index in [1.807, 2.05) is 26.0 Å². The van der Waals surface area contributed by atoms with Crippen LogP contribution in [-0.4, -0.2) is 28.0 Å². The zero-order chi connectivity index (χ0) is 18.6. The quantitative estimate of drug-likeness (QED) is 0.827. The highest BCUT2D eigenvalue weighted by molar-refractivity contribution is 7.89. The largest absolute Gasteiger partial charge is 0.496 e. The molecule has 2 N–H and O–H groups in total. The minimum Gasteiger partial charge on any atom is -0.496 e. The van der Waals surface area contributed by atoms with Crippen molar-refractivity contribution >= 4 is 21.6 Å². The molecule has 0 saturated carbocycles. The number of hydrogen-bond donors (Lipinski definition) is 2. The summed E-state index contributed by atoms with van der Waals surface area (Å²) in [5.41, 5.74) is 3.37. The third kappa shape index (κ3) is 4.58. The SMILES string of the molecule is COc1ccc(S(=O)(=O)NCC(=O)Nc2cccc(C)c2C)cc1C. The van der Waals surface area contributed by atoms with E-state index in [1.165, 1.54) is 19.2 Å². The molecule has 0 aliphatic carbocycles. The van der Waals surface area contributed by atoms with Crippen LogP contribution in [0.15, 0.2) is 41.3 Å². The van der Waals surface area contributed by atoms with Crippen molar-refractivity contribution in [1.82, 2.24) is 4.72 Å². The fourth-order valence-electron chi connectivity index (χ4n) is 2.34. The monoisotopic (exact) mass is 362 g/mol. The molecule has 6 nitrogen and oxygen atoms in total. The van der Waals surface area contributed by atoms with Gasteiger partial charge in [-0.1, -0.05) is 12.1 Å². The van der Waals surface area contributed by atoms with Crippen LogP contribution in [0, 0.1) is 20.8 Å². The zero-order valence-corrected chi connectivity index (χ0v) is 15.5. The molecule has 0 fully saturated rings. The molecular formula is C18H22N2O4S. The molecule has 0 unspecified atom stereocenters. The number of nitrogens with one attached hydrogen (secondary N) is 2. The molecule has 2 rings (SSSR count). The van der Waals surface area contributed by atoms with E-state index in [0.29, 0.717) is 17.0 Å². The number of amides is 1. The van der Waals surface area contributed by atoms with E-state index in [-0.39, 0.29) is 11.4 Å². The van der Waals surface area contributed by atoms with Gasteiger partial charge in [0.25, 0.3) is 0 Å². The predicted molar refractivity (Wildman–Crippen MR) is 97.5 cm³/mol.